The standard InChI is InChI=1S/C11H16O2/c1-2-5-10(12)6-3-7-11-8-4-9-13-11/h4,8-9H,2-3,5-7H2,1H3. The number of hydrogen-bond acceptors (Lipinski definition) is 2. The molecule has 0 unspecified atom stereocenters. The van der Waals surface area contributed by atoms with Gasteiger partial charge in [0.1, 0.15) is 11.5 Å². The van der Waals surface area contributed by atoms with Gasteiger partial charge in [-0.05, 0) is 25.0 Å². The highest BCUT2D eigenvalue weighted by molar-refractivity contribution is 5.78. The summed E-state index contributed by atoms with van der Waals surface area (Å²) in [4.78, 5) is 11.1. The van der Waals surface area contributed by atoms with Crippen LogP contribution in [-0.4, -0.2) is 5.78 Å². The van der Waals surface area contributed by atoms with Gasteiger partial charge >= 0.3 is 0 Å². The summed E-state index contributed by atoms with van der Waals surface area (Å²) in [5.41, 5.74) is 0. The Balaban J connectivity index is 2.11. The van der Waals surface area contributed by atoms with Crippen LogP contribution in [0, 0.1) is 0 Å². The molecule has 1 heterocycles. The van der Waals surface area contributed by atoms with E-state index < -0.39 is 0 Å². The molecule has 0 aliphatic carbocycles. The number of hydrogen-bond donors (Lipinski definition) is 0. The van der Waals surface area contributed by atoms with Gasteiger partial charge in [0.15, 0.2) is 0 Å². The molecule has 72 valence electrons. The van der Waals surface area contributed by atoms with Gasteiger partial charge in [0.25, 0.3) is 0 Å². The van der Waals surface area contributed by atoms with E-state index in [4.69, 9.17) is 4.42 Å². The Bertz CT molecular complexity index is 237. The largest absolute Gasteiger partial charge is 0.469 e. The molecule has 0 spiro atoms. The molecule has 0 saturated carbocycles. The summed E-state index contributed by atoms with van der Waals surface area (Å²) in [7, 11) is 0. The van der Waals surface area contributed by atoms with E-state index in [-0.39, 0.29) is 0 Å². The van der Waals surface area contributed by atoms with Gasteiger partial charge in [-0.15, -0.1) is 0 Å². The molecule has 0 atom stereocenters. The summed E-state index contributed by atoms with van der Waals surface area (Å²) in [6.07, 6.45) is 5.82. The first-order valence-corrected chi connectivity index (χ1v) is 4.87. The van der Waals surface area contributed by atoms with Crippen LogP contribution in [0.4, 0.5) is 0 Å². The number of carbonyl (C=O) groups excluding carboxylic acids is 1. The van der Waals surface area contributed by atoms with Crippen molar-refractivity contribution in [2.45, 2.75) is 39.0 Å². The SMILES string of the molecule is CCCC(=O)CCCc1ccco1. The summed E-state index contributed by atoms with van der Waals surface area (Å²) < 4.78 is 5.16. The quantitative estimate of drug-likeness (QED) is 0.673. The highest BCUT2D eigenvalue weighted by Crippen LogP contribution is 2.06. The predicted octanol–water partition coefficient (Wildman–Crippen LogP) is 2.97. The van der Waals surface area contributed by atoms with Gasteiger partial charge in [-0.25, -0.2) is 0 Å². The molecule has 0 bridgehead atoms. The lowest BCUT2D eigenvalue weighted by atomic mass is 10.1. The minimum atomic E-state index is 0.369. The summed E-state index contributed by atoms with van der Waals surface area (Å²) in [6.45, 7) is 2.03. The maximum Gasteiger partial charge on any atom is 0.132 e. The Morgan fingerprint density at radius 2 is 2.31 bits per heavy atom. The van der Waals surface area contributed by atoms with Crippen molar-refractivity contribution in [2.24, 2.45) is 0 Å². The first kappa shape index (κ1) is 10.0. The molecule has 1 aromatic rings. The Hall–Kier alpha value is -1.05. The van der Waals surface area contributed by atoms with Crippen molar-refractivity contribution in [2.75, 3.05) is 0 Å². The average molecular weight is 180 g/mol. The molecular weight excluding hydrogens is 164 g/mol. The zero-order valence-corrected chi connectivity index (χ0v) is 8.08. The van der Waals surface area contributed by atoms with E-state index >= 15 is 0 Å². The zero-order chi connectivity index (χ0) is 9.52. The summed E-state index contributed by atoms with van der Waals surface area (Å²) in [5.74, 6) is 1.35. The van der Waals surface area contributed by atoms with Gasteiger partial charge in [-0.2, -0.15) is 0 Å². The Morgan fingerprint density at radius 1 is 1.46 bits per heavy atom. The maximum atomic E-state index is 11.1. The lowest BCUT2D eigenvalue weighted by Crippen LogP contribution is -1.97. The van der Waals surface area contributed by atoms with Crippen molar-refractivity contribution < 1.29 is 9.21 Å². The van der Waals surface area contributed by atoms with Crippen LogP contribution in [0.25, 0.3) is 0 Å². The number of rotatable bonds is 6. The zero-order valence-electron chi connectivity index (χ0n) is 8.08. The summed E-state index contributed by atoms with van der Waals surface area (Å²) in [5, 5.41) is 0. The van der Waals surface area contributed by atoms with E-state index in [0.717, 1.165) is 31.4 Å². The van der Waals surface area contributed by atoms with E-state index in [1.165, 1.54) is 0 Å². The Morgan fingerprint density at radius 3 is 2.92 bits per heavy atom. The van der Waals surface area contributed by atoms with Crippen LogP contribution in [0.5, 0.6) is 0 Å². The van der Waals surface area contributed by atoms with Crippen LogP contribution >= 0.6 is 0 Å². The predicted molar refractivity (Wildman–Crippen MR) is 51.6 cm³/mol. The van der Waals surface area contributed by atoms with Gasteiger partial charge in [0, 0.05) is 19.3 Å². The van der Waals surface area contributed by atoms with Crippen LogP contribution in [0.1, 0.15) is 38.4 Å². The third-order valence-corrected chi connectivity index (χ3v) is 1.99. The normalized spacial score (nSPS) is 10.2. The molecule has 1 aromatic heterocycles. The van der Waals surface area contributed by atoms with Gasteiger partial charge in [0.2, 0.25) is 0 Å². The summed E-state index contributed by atoms with van der Waals surface area (Å²) >= 11 is 0. The minimum Gasteiger partial charge on any atom is -0.469 e. The second kappa shape index (κ2) is 5.57. The molecule has 13 heavy (non-hydrogen) atoms. The van der Waals surface area contributed by atoms with E-state index in [2.05, 4.69) is 0 Å². The molecule has 0 aliphatic rings. The van der Waals surface area contributed by atoms with E-state index in [9.17, 15) is 4.79 Å². The van der Waals surface area contributed by atoms with Crippen molar-refractivity contribution >= 4 is 5.78 Å². The number of carbonyl (C=O) groups is 1. The number of ketones is 1. The van der Waals surface area contributed by atoms with Crippen LogP contribution in [0.15, 0.2) is 22.8 Å². The highest BCUT2D eigenvalue weighted by Gasteiger charge is 2.01. The van der Waals surface area contributed by atoms with Gasteiger partial charge < -0.3 is 4.42 Å². The fraction of sp³-hybridized carbons (Fsp3) is 0.545. The number of Topliss-reactive ketones (excluding diaryl/α,β-unsaturated/α-hetero) is 1. The number of aryl methyl sites for hydroxylation is 1. The van der Waals surface area contributed by atoms with Crippen LogP contribution in [0.2, 0.25) is 0 Å². The average Bonchev–Trinajstić information content (AvgIpc) is 2.57. The van der Waals surface area contributed by atoms with Crippen LogP contribution in [0.3, 0.4) is 0 Å². The first-order chi connectivity index (χ1) is 6.33. The molecule has 2 nitrogen and oxygen atoms in total. The molecule has 0 radical (unpaired) electrons. The van der Waals surface area contributed by atoms with Crippen molar-refractivity contribution in [3.8, 4) is 0 Å². The van der Waals surface area contributed by atoms with Gasteiger partial charge in [-0.1, -0.05) is 6.92 Å². The Kier molecular flexibility index (Phi) is 4.30. The van der Waals surface area contributed by atoms with Crippen molar-refractivity contribution in [3.05, 3.63) is 24.2 Å². The van der Waals surface area contributed by atoms with Gasteiger partial charge in [-0.3, -0.25) is 4.79 Å². The van der Waals surface area contributed by atoms with E-state index in [1.807, 2.05) is 19.1 Å². The van der Waals surface area contributed by atoms with E-state index in [0.29, 0.717) is 12.2 Å². The highest BCUT2D eigenvalue weighted by atomic mass is 16.3. The number of furan rings is 1. The Labute approximate surface area is 78.9 Å². The molecule has 0 aliphatic heterocycles. The maximum absolute atomic E-state index is 11.1. The molecule has 0 amide bonds. The third kappa shape index (κ3) is 3.92. The molecular formula is C11H16O2. The topological polar surface area (TPSA) is 30.2 Å². The monoisotopic (exact) mass is 180 g/mol. The lowest BCUT2D eigenvalue weighted by molar-refractivity contribution is -0.119. The molecule has 2 heteroatoms. The molecule has 0 saturated heterocycles. The molecule has 0 fully saturated rings. The van der Waals surface area contributed by atoms with Crippen molar-refractivity contribution in [1.82, 2.24) is 0 Å². The van der Waals surface area contributed by atoms with Crippen molar-refractivity contribution in [1.29, 1.82) is 0 Å². The second-order valence-corrected chi connectivity index (χ2v) is 3.22. The molecule has 0 N–H and O–H groups in total. The first-order valence-electron chi connectivity index (χ1n) is 4.87. The molecule has 1 rings (SSSR count). The third-order valence-electron chi connectivity index (χ3n) is 1.99. The van der Waals surface area contributed by atoms with Gasteiger partial charge in [0.05, 0.1) is 6.26 Å². The molecule has 0 aromatic carbocycles. The minimum absolute atomic E-state index is 0.369. The fourth-order valence-corrected chi connectivity index (χ4v) is 1.32. The smallest absolute Gasteiger partial charge is 0.132 e. The van der Waals surface area contributed by atoms with E-state index in [1.54, 1.807) is 6.26 Å². The summed E-state index contributed by atoms with van der Waals surface area (Å²) in [6, 6.07) is 3.83. The van der Waals surface area contributed by atoms with Crippen LogP contribution in [-0.2, 0) is 11.2 Å². The van der Waals surface area contributed by atoms with Crippen LogP contribution < -0.4 is 0 Å². The van der Waals surface area contributed by atoms with Crippen molar-refractivity contribution in [3.63, 3.8) is 0 Å². The fourth-order valence-electron chi connectivity index (χ4n) is 1.32. The second-order valence-electron chi connectivity index (χ2n) is 3.22. The lowest BCUT2D eigenvalue weighted by Gasteiger charge is -1.97.